The van der Waals surface area contributed by atoms with E-state index in [0.29, 0.717) is 0 Å². The lowest BCUT2D eigenvalue weighted by atomic mass is 9.98. The lowest BCUT2D eigenvalue weighted by Crippen LogP contribution is -2.18. The van der Waals surface area contributed by atoms with Crippen LogP contribution in [0.1, 0.15) is 34.6 Å². The molecule has 0 radical (unpaired) electrons. The molecule has 4 N–H and O–H groups in total. The summed E-state index contributed by atoms with van der Waals surface area (Å²) >= 11 is 0. The SMILES string of the molecule is CC(=O)O.CC(C)(C)C(=O)O.CC(O)CO. The Labute approximate surface area is 95.5 Å². The van der Waals surface area contributed by atoms with Crippen LogP contribution in [0.15, 0.2) is 0 Å². The maximum absolute atomic E-state index is 10.0. The second kappa shape index (κ2) is 10.4. The van der Waals surface area contributed by atoms with Crippen LogP contribution in [0.4, 0.5) is 0 Å². The van der Waals surface area contributed by atoms with Gasteiger partial charge >= 0.3 is 5.97 Å². The first kappa shape index (κ1) is 20.3. The van der Waals surface area contributed by atoms with Gasteiger partial charge in [0.25, 0.3) is 5.97 Å². The van der Waals surface area contributed by atoms with Gasteiger partial charge in [0.2, 0.25) is 0 Å². The van der Waals surface area contributed by atoms with Gasteiger partial charge in [-0.2, -0.15) is 0 Å². The van der Waals surface area contributed by atoms with Crippen molar-refractivity contribution in [2.75, 3.05) is 6.61 Å². The number of carboxylic acid groups (broad SMARTS) is 2. The average molecular weight is 238 g/mol. The summed E-state index contributed by atoms with van der Waals surface area (Å²) in [5, 5.41) is 31.7. The lowest BCUT2D eigenvalue weighted by molar-refractivity contribution is -0.145. The molecule has 0 aliphatic carbocycles. The van der Waals surface area contributed by atoms with Crippen LogP contribution in [0.5, 0.6) is 0 Å². The Bertz CT molecular complexity index is 188. The molecule has 0 bridgehead atoms. The van der Waals surface area contributed by atoms with E-state index in [-0.39, 0.29) is 6.61 Å². The number of aliphatic carboxylic acids is 2. The summed E-state index contributed by atoms with van der Waals surface area (Å²) in [6, 6.07) is 0. The van der Waals surface area contributed by atoms with Crippen molar-refractivity contribution < 1.29 is 30.0 Å². The molecule has 0 heterocycles. The molecule has 0 saturated carbocycles. The van der Waals surface area contributed by atoms with E-state index in [1.165, 1.54) is 6.92 Å². The Hall–Kier alpha value is -1.14. The zero-order valence-electron chi connectivity index (χ0n) is 10.4. The Morgan fingerprint density at radius 1 is 1.19 bits per heavy atom. The van der Waals surface area contributed by atoms with Gasteiger partial charge in [-0.15, -0.1) is 0 Å². The minimum Gasteiger partial charge on any atom is -0.481 e. The van der Waals surface area contributed by atoms with Crippen LogP contribution in [0.3, 0.4) is 0 Å². The highest BCUT2D eigenvalue weighted by Gasteiger charge is 2.18. The quantitative estimate of drug-likeness (QED) is 0.531. The zero-order chi connectivity index (χ0) is 13.9. The summed E-state index contributed by atoms with van der Waals surface area (Å²) in [4.78, 5) is 19.0. The van der Waals surface area contributed by atoms with Crippen molar-refractivity contribution in [1.82, 2.24) is 0 Å². The van der Waals surface area contributed by atoms with E-state index >= 15 is 0 Å². The van der Waals surface area contributed by atoms with Crippen LogP contribution in [-0.2, 0) is 9.59 Å². The molecule has 0 spiro atoms. The Kier molecular flexibility index (Phi) is 13.2. The Morgan fingerprint density at radius 2 is 1.31 bits per heavy atom. The van der Waals surface area contributed by atoms with Crippen LogP contribution >= 0.6 is 0 Å². The molecular weight excluding hydrogens is 216 g/mol. The Balaban J connectivity index is -0.000000166. The molecule has 1 unspecified atom stereocenters. The lowest BCUT2D eigenvalue weighted by Gasteiger charge is -2.08. The van der Waals surface area contributed by atoms with Gasteiger partial charge in [0.05, 0.1) is 18.1 Å². The summed E-state index contributed by atoms with van der Waals surface area (Å²) in [6.45, 7) is 7.46. The largest absolute Gasteiger partial charge is 0.481 e. The van der Waals surface area contributed by atoms with Gasteiger partial charge in [0, 0.05) is 6.92 Å². The fourth-order valence-corrected chi connectivity index (χ4v) is 0. The number of carbonyl (C=O) groups is 2. The molecule has 0 rings (SSSR count). The minimum atomic E-state index is -0.833. The molecule has 0 aromatic carbocycles. The third kappa shape index (κ3) is 38.4. The number of hydrogen-bond donors (Lipinski definition) is 4. The van der Waals surface area contributed by atoms with Crippen molar-refractivity contribution in [3.8, 4) is 0 Å². The number of aliphatic hydroxyl groups excluding tert-OH is 2. The standard InChI is InChI=1S/C5H10O2.C3H8O2.C2H4O2/c1-5(2,3)4(6)7;1-3(5)2-4;1-2(3)4/h1-3H3,(H,6,7);3-5H,2H2,1H3;1H3,(H,3,4). The van der Waals surface area contributed by atoms with Gasteiger partial charge in [-0.3, -0.25) is 9.59 Å². The fraction of sp³-hybridized carbons (Fsp3) is 0.800. The molecule has 0 aliphatic heterocycles. The van der Waals surface area contributed by atoms with E-state index < -0.39 is 23.5 Å². The van der Waals surface area contributed by atoms with Gasteiger partial charge in [0.15, 0.2) is 0 Å². The van der Waals surface area contributed by atoms with Crippen LogP contribution < -0.4 is 0 Å². The van der Waals surface area contributed by atoms with Crippen LogP contribution in [0, 0.1) is 5.41 Å². The molecule has 16 heavy (non-hydrogen) atoms. The second-order valence-corrected chi connectivity index (χ2v) is 4.11. The first-order valence-corrected chi connectivity index (χ1v) is 4.67. The molecule has 98 valence electrons. The summed E-state index contributed by atoms with van der Waals surface area (Å²) in [6.07, 6.45) is -0.560. The topological polar surface area (TPSA) is 115 Å². The summed E-state index contributed by atoms with van der Waals surface area (Å²) < 4.78 is 0. The normalized spacial score (nSPS) is 11.2. The third-order valence-corrected chi connectivity index (χ3v) is 0.906. The molecule has 0 aromatic heterocycles. The predicted octanol–water partition coefficient (Wildman–Crippen LogP) is 0.567. The molecule has 0 amide bonds. The minimum absolute atomic E-state index is 0.139. The molecule has 6 heteroatoms. The van der Waals surface area contributed by atoms with Crippen molar-refractivity contribution in [2.45, 2.75) is 40.7 Å². The summed E-state index contributed by atoms with van der Waals surface area (Å²) in [5.74, 6) is -1.59. The third-order valence-electron chi connectivity index (χ3n) is 0.906. The number of hydrogen-bond acceptors (Lipinski definition) is 4. The number of carboxylic acids is 2. The van der Waals surface area contributed by atoms with Gasteiger partial charge in [-0.1, -0.05) is 0 Å². The molecule has 6 nitrogen and oxygen atoms in total. The Morgan fingerprint density at radius 3 is 1.31 bits per heavy atom. The molecular formula is C10H22O6. The average Bonchev–Trinajstić information content (AvgIpc) is 2.02. The van der Waals surface area contributed by atoms with Crippen molar-refractivity contribution in [1.29, 1.82) is 0 Å². The van der Waals surface area contributed by atoms with E-state index in [9.17, 15) is 4.79 Å². The second-order valence-electron chi connectivity index (χ2n) is 4.11. The molecule has 0 aliphatic rings. The van der Waals surface area contributed by atoms with Crippen LogP contribution in [0.25, 0.3) is 0 Å². The molecule has 1 atom stereocenters. The summed E-state index contributed by atoms with van der Waals surface area (Å²) in [7, 11) is 0. The number of aliphatic hydroxyl groups is 2. The van der Waals surface area contributed by atoms with Crippen LogP contribution in [0.2, 0.25) is 0 Å². The van der Waals surface area contributed by atoms with Gasteiger partial charge in [-0.25, -0.2) is 0 Å². The first-order valence-electron chi connectivity index (χ1n) is 4.67. The van der Waals surface area contributed by atoms with E-state index in [2.05, 4.69) is 0 Å². The van der Waals surface area contributed by atoms with Gasteiger partial charge in [0.1, 0.15) is 0 Å². The predicted molar refractivity (Wildman–Crippen MR) is 59.2 cm³/mol. The van der Waals surface area contributed by atoms with E-state index in [1.807, 2.05) is 0 Å². The maximum atomic E-state index is 10.0. The highest BCUT2D eigenvalue weighted by atomic mass is 16.4. The van der Waals surface area contributed by atoms with Crippen molar-refractivity contribution in [2.24, 2.45) is 5.41 Å². The smallest absolute Gasteiger partial charge is 0.308 e. The highest BCUT2D eigenvalue weighted by Crippen LogP contribution is 2.11. The summed E-state index contributed by atoms with van der Waals surface area (Å²) in [5.41, 5.74) is -0.583. The molecule has 0 aromatic rings. The monoisotopic (exact) mass is 238 g/mol. The van der Waals surface area contributed by atoms with E-state index in [0.717, 1.165) is 6.92 Å². The van der Waals surface area contributed by atoms with E-state index in [1.54, 1.807) is 20.8 Å². The maximum Gasteiger partial charge on any atom is 0.308 e. The van der Waals surface area contributed by atoms with Gasteiger partial charge < -0.3 is 20.4 Å². The van der Waals surface area contributed by atoms with Crippen molar-refractivity contribution in [3.05, 3.63) is 0 Å². The highest BCUT2D eigenvalue weighted by molar-refractivity contribution is 5.72. The molecule has 0 fully saturated rings. The van der Waals surface area contributed by atoms with Crippen molar-refractivity contribution >= 4 is 11.9 Å². The first-order chi connectivity index (χ1) is 6.95. The molecule has 0 saturated heterocycles. The number of rotatable bonds is 1. The fourth-order valence-electron chi connectivity index (χ4n) is 0. The van der Waals surface area contributed by atoms with Crippen molar-refractivity contribution in [3.63, 3.8) is 0 Å². The van der Waals surface area contributed by atoms with Gasteiger partial charge in [-0.05, 0) is 27.7 Å². The van der Waals surface area contributed by atoms with Crippen LogP contribution in [-0.4, -0.2) is 45.1 Å². The van der Waals surface area contributed by atoms with E-state index in [4.69, 9.17) is 25.2 Å². The zero-order valence-corrected chi connectivity index (χ0v) is 10.4.